The largest absolute Gasteiger partial charge is 0.390 e. The van der Waals surface area contributed by atoms with Crippen molar-refractivity contribution in [3.63, 3.8) is 0 Å². The van der Waals surface area contributed by atoms with Crippen LogP contribution in [0.1, 0.15) is 5.69 Å². The topological polar surface area (TPSA) is 88.8 Å². The molecule has 0 aliphatic heterocycles. The zero-order chi connectivity index (χ0) is 19.0. The Kier molecular flexibility index (Phi) is 4.61. The summed E-state index contributed by atoms with van der Waals surface area (Å²) in [6.07, 6.45) is 4.61. The van der Waals surface area contributed by atoms with E-state index in [2.05, 4.69) is 25.4 Å². The number of hydrogen-bond donors (Lipinski definition) is 2. The highest BCUT2D eigenvalue weighted by Gasteiger charge is 2.15. The Morgan fingerprint density at radius 1 is 1.11 bits per heavy atom. The fourth-order valence-electron chi connectivity index (χ4n) is 2.59. The molecule has 0 saturated carbocycles. The van der Waals surface area contributed by atoms with Gasteiger partial charge in [0.2, 0.25) is 0 Å². The van der Waals surface area contributed by atoms with Crippen molar-refractivity contribution in [1.29, 1.82) is 0 Å². The van der Waals surface area contributed by atoms with Crippen LogP contribution in [0.3, 0.4) is 0 Å². The molecule has 0 atom stereocenters. The number of nitrogens with one attached hydrogen (secondary N) is 1. The normalized spacial score (nSPS) is 11.1. The van der Waals surface area contributed by atoms with Gasteiger partial charge in [0.05, 0.1) is 33.2 Å². The quantitative estimate of drug-likeness (QED) is 0.536. The third kappa shape index (κ3) is 3.42. The molecule has 0 radical (unpaired) electrons. The van der Waals surface area contributed by atoms with Crippen LogP contribution < -0.4 is 5.32 Å². The number of nitrogens with zero attached hydrogens (tertiary/aromatic N) is 5. The van der Waals surface area contributed by atoms with Gasteiger partial charge in [-0.1, -0.05) is 23.2 Å². The Morgan fingerprint density at radius 3 is 2.63 bits per heavy atom. The summed E-state index contributed by atoms with van der Waals surface area (Å²) in [6, 6.07) is 5.67. The molecule has 0 saturated heterocycles. The lowest BCUT2D eigenvalue weighted by atomic mass is 10.3. The molecule has 10 heteroatoms. The number of fused-ring (bicyclic) bond motifs is 1. The highest BCUT2D eigenvalue weighted by Crippen LogP contribution is 2.32. The molecule has 3 aromatic heterocycles. The van der Waals surface area contributed by atoms with Crippen LogP contribution in [0.4, 0.5) is 16.0 Å². The molecule has 0 bridgehead atoms. The second-order valence-corrected chi connectivity index (χ2v) is 6.38. The molecule has 4 rings (SSSR count). The van der Waals surface area contributed by atoms with E-state index in [1.165, 1.54) is 23.1 Å². The number of aliphatic hydroxyl groups excluding tert-OH is 1. The van der Waals surface area contributed by atoms with Crippen molar-refractivity contribution in [2.45, 2.75) is 6.61 Å². The van der Waals surface area contributed by atoms with E-state index in [1.54, 1.807) is 24.5 Å². The first-order valence-electron chi connectivity index (χ1n) is 7.73. The molecule has 0 spiro atoms. The lowest BCUT2D eigenvalue weighted by molar-refractivity contribution is 0.276. The Hall–Kier alpha value is -2.81. The van der Waals surface area contributed by atoms with E-state index in [-0.39, 0.29) is 16.7 Å². The van der Waals surface area contributed by atoms with Crippen molar-refractivity contribution in [2.24, 2.45) is 0 Å². The summed E-state index contributed by atoms with van der Waals surface area (Å²) in [5, 5.41) is 17.7. The number of pyridine rings is 1. The van der Waals surface area contributed by atoms with Gasteiger partial charge >= 0.3 is 0 Å². The molecule has 0 fully saturated rings. The molecule has 0 aliphatic carbocycles. The van der Waals surface area contributed by atoms with Crippen molar-refractivity contribution in [1.82, 2.24) is 24.7 Å². The van der Waals surface area contributed by atoms with Gasteiger partial charge in [-0.25, -0.2) is 24.0 Å². The number of halogens is 3. The molecule has 2 N–H and O–H groups in total. The first-order chi connectivity index (χ1) is 13.0. The van der Waals surface area contributed by atoms with Gasteiger partial charge in [-0.3, -0.25) is 0 Å². The predicted molar refractivity (Wildman–Crippen MR) is 100 cm³/mol. The van der Waals surface area contributed by atoms with Gasteiger partial charge in [-0.2, -0.15) is 5.10 Å². The molecule has 27 heavy (non-hydrogen) atoms. The minimum atomic E-state index is -0.530. The lowest BCUT2D eigenvalue weighted by Crippen LogP contribution is -1.99. The summed E-state index contributed by atoms with van der Waals surface area (Å²) in [4.78, 5) is 12.4. The van der Waals surface area contributed by atoms with Gasteiger partial charge < -0.3 is 10.4 Å². The fourth-order valence-corrected chi connectivity index (χ4v) is 3.22. The highest BCUT2D eigenvalue weighted by atomic mass is 35.5. The van der Waals surface area contributed by atoms with Crippen LogP contribution in [0, 0.1) is 5.82 Å². The minimum Gasteiger partial charge on any atom is -0.390 e. The molecule has 1 aromatic carbocycles. The number of anilines is 2. The third-order valence-corrected chi connectivity index (χ3v) is 4.35. The summed E-state index contributed by atoms with van der Waals surface area (Å²) >= 11 is 12.3. The third-order valence-electron chi connectivity index (χ3n) is 3.78. The van der Waals surface area contributed by atoms with Gasteiger partial charge in [0, 0.05) is 18.5 Å². The van der Waals surface area contributed by atoms with E-state index in [4.69, 9.17) is 23.2 Å². The maximum atomic E-state index is 13.4. The fraction of sp³-hybridized carbons (Fsp3) is 0.0588. The maximum Gasteiger partial charge on any atom is 0.142 e. The van der Waals surface area contributed by atoms with E-state index < -0.39 is 5.82 Å². The number of hydrogen-bond acceptors (Lipinski definition) is 6. The number of aliphatic hydroxyl groups is 1. The van der Waals surface area contributed by atoms with Gasteiger partial charge in [0.1, 0.15) is 29.5 Å². The van der Waals surface area contributed by atoms with E-state index >= 15 is 0 Å². The summed E-state index contributed by atoms with van der Waals surface area (Å²) in [6.45, 7) is -0.200. The Morgan fingerprint density at radius 2 is 1.89 bits per heavy atom. The molecule has 3 heterocycles. The summed E-state index contributed by atoms with van der Waals surface area (Å²) in [7, 11) is 0. The first-order valence-corrected chi connectivity index (χ1v) is 8.49. The zero-order valence-electron chi connectivity index (χ0n) is 13.6. The van der Waals surface area contributed by atoms with Crippen molar-refractivity contribution >= 4 is 45.7 Å². The molecule has 0 amide bonds. The predicted octanol–water partition coefficient (Wildman–Crippen LogP) is 3.89. The summed E-state index contributed by atoms with van der Waals surface area (Å²) < 4.78 is 14.9. The smallest absolute Gasteiger partial charge is 0.142 e. The number of aromatic nitrogens is 5. The van der Waals surface area contributed by atoms with Crippen molar-refractivity contribution in [2.75, 3.05) is 5.32 Å². The molecule has 4 aromatic rings. The Bertz CT molecular complexity index is 1130. The van der Waals surface area contributed by atoms with Crippen LogP contribution in [0.25, 0.3) is 16.6 Å². The van der Waals surface area contributed by atoms with Crippen LogP contribution in [0.5, 0.6) is 0 Å². The van der Waals surface area contributed by atoms with Crippen molar-refractivity contribution in [3.8, 4) is 5.69 Å². The van der Waals surface area contributed by atoms with Crippen LogP contribution in [0.2, 0.25) is 10.0 Å². The average Bonchev–Trinajstić information content (AvgIpc) is 3.05. The van der Waals surface area contributed by atoms with Gasteiger partial charge in [-0.05, 0) is 18.2 Å². The van der Waals surface area contributed by atoms with Gasteiger partial charge in [0.15, 0.2) is 0 Å². The first kappa shape index (κ1) is 17.6. The molecule has 136 valence electrons. The van der Waals surface area contributed by atoms with Crippen LogP contribution in [-0.2, 0) is 6.61 Å². The van der Waals surface area contributed by atoms with E-state index in [1.807, 2.05) is 0 Å². The average molecular weight is 405 g/mol. The number of benzene rings is 1. The summed E-state index contributed by atoms with van der Waals surface area (Å²) in [5.41, 5.74) is 1.46. The Balaban J connectivity index is 1.79. The van der Waals surface area contributed by atoms with Crippen LogP contribution >= 0.6 is 23.2 Å². The number of rotatable bonds is 4. The van der Waals surface area contributed by atoms with Gasteiger partial charge in [0.25, 0.3) is 0 Å². The molecule has 0 unspecified atom stereocenters. The molecule has 7 nitrogen and oxygen atoms in total. The second kappa shape index (κ2) is 7.07. The SMILES string of the molecule is OCc1cc(Nc2nccc3nn(-c4c(Cl)cc(F)cc4Cl)cc23)ncn1. The lowest BCUT2D eigenvalue weighted by Gasteiger charge is -2.07. The molecular weight excluding hydrogens is 394 g/mol. The zero-order valence-corrected chi connectivity index (χ0v) is 15.1. The molecular formula is C17H11Cl2FN6O. The molecule has 0 aliphatic rings. The monoisotopic (exact) mass is 404 g/mol. The van der Waals surface area contributed by atoms with E-state index in [9.17, 15) is 9.50 Å². The van der Waals surface area contributed by atoms with Crippen molar-refractivity contribution in [3.05, 3.63) is 64.5 Å². The highest BCUT2D eigenvalue weighted by molar-refractivity contribution is 6.37. The Labute approximate surface area is 162 Å². The maximum absolute atomic E-state index is 13.4. The second-order valence-electron chi connectivity index (χ2n) is 5.56. The van der Waals surface area contributed by atoms with Crippen LogP contribution in [-0.4, -0.2) is 29.8 Å². The minimum absolute atomic E-state index is 0.138. The van der Waals surface area contributed by atoms with Crippen LogP contribution in [0.15, 0.2) is 43.0 Å². The van der Waals surface area contributed by atoms with E-state index in [0.717, 1.165) is 0 Å². The standard InChI is InChI=1S/C17H11Cl2FN6O/c18-12-3-9(20)4-13(19)16(12)26-6-11-14(25-26)1-2-21-17(11)24-15-5-10(7-27)22-8-23-15/h1-6,8,27H,7H2,(H,21,22,23,24). The van der Waals surface area contributed by atoms with Gasteiger partial charge in [-0.15, -0.1) is 0 Å². The summed E-state index contributed by atoms with van der Waals surface area (Å²) in [5.74, 6) is 0.438. The van der Waals surface area contributed by atoms with E-state index in [0.29, 0.717) is 33.9 Å². The van der Waals surface area contributed by atoms with Crippen molar-refractivity contribution < 1.29 is 9.50 Å².